The fraction of sp³-hybridized carbons (Fsp3) is 0.0638. The van der Waals surface area contributed by atoms with Crippen LogP contribution in [0.4, 0.5) is 0 Å². The van der Waals surface area contributed by atoms with Crippen LogP contribution in [0.1, 0.15) is 25.0 Å². The molecule has 1 heteroatoms. The lowest BCUT2D eigenvalue weighted by Gasteiger charge is -2.23. The summed E-state index contributed by atoms with van der Waals surface area (Å²) in [7, 11) is 0. The molecular formula is C47H32O. The van der Waals surface area contributed by atoms with Crippen molar-refractivity contribution in [3.63, 3.8) is 0 Å². The minimum absolute atomic E-state index is 0.0551. The van der Waals surface area contributed by atoms with Crippen LogP contribution in [0.2, 0.25) is 0 Å². The fourth-order valence-corrected chi connectivity index (χ4v) is 8.16. The molecule has 1 heterocycles. The first-order valence-corrected chi connectivity index (χ1v) is 16.8. The van der Waals surface area contributed by atoms with E-state index in [-0.39, 0.29) is 5.41 Å². The monoisotopic (exact) mass is 612 g/mol. The van der Waals surface area contributed by atoms with Crippen molar-refractivity contribution in [2.24, 2.45) is 0 Å². The second-order valence-corrected chi connectivity index (χ2v) is 13.7. The molecule has 0 saturated heterocycles. The third-order valence-corrected chi connectivity index (χ3v) is 10.7. The molecule has 0 bridgehead atoms. The molecule has 0 aromatic heterocycles. The Balaban J connectivity index is 1.00. The van der Waals surface area contributed by atoms with Gasteiger partial charge >= 0.3 is 0 Å². The highest BCUT2D eigenvalue weighted by molar-refractivity contribution is 6.06. The molecule has 2 aliphatic rings. The van der Waals surface area contributed by atoms with E-state index in [4.69, 9.17) is 4.74 Å². The Morgan fingerprint density at radius 3 is 1.92 bits per heavy atom. The van der Waals surface area contributed by atoms with Gasteiger partial charge in [-0.1, -0.05) is 141 Å². The molecule has 0 N–H and O–H groups in total. The quantitative estimate of drug-likeness (QED) is 0.193. The number of fused-ring (bicyclic) bond motifs is 7. The van der Waals surface area contributed by atoms with Crippen LogP contribution >= 0.6 is 0 Å². The van der Waals surface area contributed by atoms with Gasteiger partial charge in [-0.25, -0.2) is 0 Å². The normalized spacial score (nSPS) is 13.5. The molecule has 1 nitrogen and oxygen atoms in total. The molecule has 8 aromatic carbocycles. The van der Waals surface area contributed by atoms with Crippen LogP contribution in [0.15, 0.2) is 158 Å². The molecule has 0 fully saturated rings. The molecule has 48 heavy (non-hydrogen) atoms. The van der Waals surface area contributed by atoms with E-state index in [9.17, 15) is 0 Å². The molecule has 0 atom stereocenters. The van der Waals surface area contributed by atoms with E-state index >= 15 is 0 Å². The minimum Gasteiger partial charge on any atom is -0.456 e. The molecule has 1 aliphatic carbocycles. The molecule has 226 valence electrons. The van der Waals surface area contributed by atoms with Gasteiger partial charge in [0.25, 0.3) is 0 Å². The maximum absolute atomic E-state index is 6.58. The Labute approximate surface area is 280 Å². The van der Waals surface area contributed by atoms with Crippen LogP contribution in [0.3, 0.4) is 0 Å². The first-order valence-electron chi connectivity index (χ1n) is 16.8. The predicted molar refractivity (Wildman–Crippen MR) is 201 cm³/mol. The smallest absolute Gasteiger partial charge is 0.136 e. The van der Waals surface area contributed by atoms with Crippen molar-refractivity contribution in [1.29, 1.82) is 0 Å². The first kappa shape index (κ1) is 27.2. The topological polar surface area (TPSA) is 9.23 Å². The summed E-state index contributed by atoms with van der Waals surface area (Å²) in [6.07, 6.45) is 0. The van der Waals surface area contributed by atoms with Crippen molar-refractivity contribution in [1.82, 2.24) is 0 Å². The van der Waals surface area contributed by atoms with Crippen LogP contribution < -0.4 is 4.74 Å². The molecule has 1 aliphatic heterocycles. The molecular weight excluding hydrogens is 581 g/mol. The van der Waals surface area contributed by atoms with E-state index in [1.807, 2.05) is 0 Å². The molecule has 0 radical (unpaired) electrons. The van der Waals surface area contributed by atoms with E-state index < -0.39 is 0 Å². The number of hydrogen-bond acceptors (Lipinski definition) is 1. The fourth-order valence-electron chi connectivity index (χ4n) is 8.16. The maximum Gasteiger partial charge on any atom is 0.136 e. The SMILES string of the molecule is CC1(C)c2cc(-c3ccc(-c4ccc5c(c4)-c4cccc6cc(-c7ccccc7)cc(c46)O5)cc3)ccc2-c2c1ccc1ccccc21. The highest BCUT2D eigenvalue weighted by atomic mass is 16.5. The summed E-state index contributed by atoms with van der Waals surface area (Å²) in [6.45, 7) is 4.72. The predicted octanol–water partition coefficient (Wildman–Crippen LogP) is 13.1. The summed E-state index contributed by atoms with van der Waals surface area (Å²) in [5.74, 6) is 1.82. The van der Waals surface area contributed by atoms with E-state index in [2.05, 4.69) is 172 Å². The summed E-state index contributed by atoms with van der Waals surface area (Å²) < 4.78 is 6.58. The Morgan fingerprint density at radius 1 is 0.396 bits per heavy atom. The van der Waals surface area contributed by atoms with Crippen LogP contribution in [-0.4, -0.2) is 0 Å². The zero-order chi connectivity index (χ0) is 32.0. The van der Waals surface area contributed by atoms with E-state index in [1.165, 1.54) is 82.7 Å². The maximum atomic E-state index is 6.58. The third kappa shape index (κ3) is 3.98. The highest BCUT2D eigenvalue weighted by Crippen LogP contribution is 2.52. The van der Waals surface area contributed by atoms with E-state index in [0.717, 1.165) is 17.1 Å². The summed E-state index contributed by atoms with van der Waals surface area (Å²) in [5.41, 5.74) is 15.1. The molecule has 0 unspecified atom stereocenters. The summed E-state index contributed by atoms with van der Waals surface area (Å²) >= 11 is 0. The summed E-state index contributed by atoms with van der Waals surface area (Å²) in [6, 6.07) is 57.6. The van der Waals surface area contributed by atoms with Crippen molar-refractivity contribution in [2.75, 3.05) is 0 Å². The standard InChI is InChI=1S/C47H32O/c1-47(2)41-23-20-32-11-6-7-13-37(32)46(41)39-22-19-34(27-42(39)47)31-17-15-30(16-18-31)33-21-24-43-40(26-33)38-14-8-12-35-25-36(28-44(48-43)45(35)38)29-9-4-3-5-10-29/h3-28H,1-2H3. The molecule has 0 amide bonds. The van der Waals surface area contributed by atoms with Gasteiger partial charge in [0, 0.05) is 16.4 Å². The second kappa shape index (κ2) is 10.0. The molecule has 0 saturated carbocycles. The van der Waals surface area contributed by atoms with Gasteiger partial charge in [-0.3, -0.25) is 0 Å². The Bertz CT molecular complexity index is 2590. The zero-order valence-corrected chi connectivity index (χ0v) is 26.9. The Hall–Kier alpha value is -5.92. The van der Waals surface area contributed by atoms with Gasteiger partial charge in [0.2, 0.25) is 0 Å². The lowest BCUT2D eigenvalue weighted by Crippen LogP contribution is -2.15. The second-order valence-electron chi connectivity index (χ2n) is 13.7. The Kier molecular flexibility index (Phi) is 5.69. The minimum atomic E-state index is -0.0551. The zero-order valence-electron chi connectivity index (χ0n) is 26.9. The number of benzene rings is 8. The van der Waals surface area contributed by atoms with Crippen molar-refractivity contribution >= 4 is 21.5 Å². The molecule has 8 aromatic rings. The average molecular weight is 613 g/mol. The van der Waals surface area contributed by atoms with Gasteiger partial charge in [-0.2, -0.15) is 0 Å². The van der Waals surface area contributed by atoms with Gasteiger partial charge < -0.3 is 4.74 Å². The number of ether oxygens (including phenoxy) is 1. The van der Waals surface area contributed by atoms with Crippen LogP contribution in [0, 0.1) is 0 Å². The van der Waals surface area contributed by atoms with E-state index in [1.54, 1.807) is 0 Å². The average Bonchev–Trinajstić information content (AvgIpc) is 3.37. The number of rotatable bonds is 3. The molecule has 0 spiro atoms. The Morgan fingerprint density at radius 2 is 1.08 bits per heavy atom. The van der Waals surface area contributed by atoms with Crippen LogP contribution in [0.25, 0.3) is 77.2 Å². The van der Waals surface area contributed by atoms with Gasteiger partial charge in [0.1, 0.15) is 11.5 Å². The lowest BCUT2D eigenvalue weighted by molar-refractivity contribution is 0.487. The summed E-state index contributed by atoms with van der Waals surface area (Å²) in [4.78, 5) is 0. The lowest BCUT2D eigenvalue weighted by atomic mass is 9.81. The van der Waals surface area contributed by atoms with Crippen molar-refractivity contribution in [2.45, 2.75) is 19.3 Å². The van der Waals surface area contributed by atoms with Crippen LogP contribution in [-0.2, 0) is 5.41 Å². The third-order valence-electron chi connectivity index (χ3n) is 10.7. The van der Waals surface area contributed by atoms with Crippen molar-refractivity contribution in [3.8, 4) is 67.1 Å². The van der Waals surface area contributed by atoms with E-state index in [0.29, 0.717) is 0 Å². The number of hydrogen-bond donors (Lipinski definition) is 0. The molecule has 10 rings (SSSR count). The van der Waals surface area contributed by atoms with Gasteiger partial charge in [-0.15, -0.1) is 0 Å². The first-order chi connectivity index (χ1) is 23.5. The van der Waals surface area contributed by atoms with Crippen molar-refractivity contribution < 1.29 is 4.74 Å². The summed E-state index contributed by atoms with van der Waals surface area (Å²) in [5, 5.41) is 5.00. The largest absolute Gasteiger partial charge is 0.456 e. The van der Waals surface area contributed by atoms with Gasteiger partial charge in [0.15, 0.2) is 0 Å². The van der Waals surface area contributed by atoms with Gasteiger partial charge in [-0.05, 0) is 108 Å². The highest BCUT2D eigenvalue weighted by Gasteiger charge is 2.36. The van der Waals surface area contributed by atoms with Crippen LogP contribution in [0.5, 0.6) is 11.5 Å². The van der Waals surface area contributed by atoms with Gasteiger partial charge in [0.05, 0.1) is 0 Å². The van der Waals surface area contributed by atoms with Crippen molar-refractivity contribution in [3.05, 3.63) is 169 Å².